The Morgan fingerprint density at radius 1 is 0.405 bits per heavy atom. The third-order valence-corrected chi connectivity index (χ3v) is 24.6. The van der Waals surface area contributed by atoms with Gasteiger partial charge in [0.15, 0.2) is 29.1 Å². The Kier molecular flexibility index (Phi) is 26.2. The van der Waals surface area contributed by atoms with Gasteiger partial charge in [0, 0.05) is 54.9 Å². The molecule has 0 spiro atoms. The molecule has 13 aromatic rings. The summed E-state index contributed by atoms with van der Waals surface area (Å²) in [5.41, 5.74) is 12.9. The Balaban J connectivity index is 0.000000155. The monoisotopic (exact) mass is 1770 g/mol. The van der Waals surface area contributed by atoms with Gasteiger partial charge in [-0.05, 0) is 208 Å². The number of furan rings is 3. The van der Waals surface area contributed by atoms with Crippen LogP contribution >= 0.6 is 23.4 Å². The Morgan fingerprint density at radius 3 is 1.33 bits per heavy atom. The molecule has 0 fully saturated rings. The molecule has 6 heterocycles. The molecule has 3 aliphatic heterocycles. The Bertz CT molecular complexity index is 7030. The van der Waals surface area contributed by atoms with Crippen molar-refractivity contribution in [3.05, 3.63) is 315 Å². The van der Waals surface area contributed by atoms with Crippen LogP contribution in [0.3, 0.4) is 0 Å². The van der Waals surface area contributed by atoms with Crippen molar-refractivity contribution in [3.8, 4) is 33.8 Å². The molecule has 23 nitrogen and oxygen atoms in total. The number of aryl methyl sites for hydroxylation is 3. The lowest BCUT2D eigenvalue weighted by Gasteiger charge is -2.19. The lowest BCUT2D eigenvalue weighted by Crippen LogP contribution is -2.27. The standard InChI is InChI=1S/C31H27NO5S.C30H29NO7S3.C28H24ClNO8S2.C2H4/c1-3-20(15-28-24(4-2)31-25-12-8-7-9-21(25)13-14-27(31)36-28)16-30-32(19-38(33,34)35)26-17-22-10-5-6-11-23(22)18-29(26)37-30;1-4-21(15-30-31(18-41(35,36)37)26-12-19(2)20(3)13-29(26)39-30)14-28-25(17-40(32,33)34)24-16-23(10-11-27(24)38-28)22-8-6-5-7-9-22;1-2-18(13-28-30(17-40(34,35)36)24-15-21(29)9-11-26(24)38-28)12-27-23(16-39(31,32)33)22-14-20(8-10-25(22)37-27)19-6-4-3-5-7-19;1-2/h5-18H,3-4,19H2,1-2H3,(H,33,34,35);5-16H,4,17-18H2,1-3H3,(H,32,33,34)(H,35,36,37);3-15H,2,16-17H2,1H3,(H,31,32,33)(H,34,35,36);1-2H2/b20-15-,30-16+;21-14-,30-15+;18-12-,28-13+;. The molecule has 3 aliphatic rings. The summed E-state index contributed by atoms with van der Waals surface area (Å²) in [5.74, 6) is -0.703. The average molecular weight is 1770 g/mol. The van der Waals surface area contributed by atoms with Crippen LogP contribution in [0.5, 0.6) is 11.5 Å². The summed E-state index contributed by atoms with van der Waals surface area (Å²) in [5, 5.41) is 7.40. The Morgan fingerprint density at radius 2 is 0.835 bits per heavy atom. The first kappa shape index (κ1) is 87.5. The molecule has 0 aliphatic carbocycles. The molecular formula is C91H84ClN3O20S6. The van der Waals surface area contributed by atoms with E-state index in [1.807, 2.05) is 198 Å². The summed E-state index contributed by atoms with van der Waals surface area (Å²) < 4.78 is 198. The molecule has 5 N–H and O–H groups in total. The second kappa shape index (κ2) is 36.2. The van der Waals surface area contributed by atoms with Crippen molar-refractivity contribution in [3.63, 3.8) is 0 Å². The van der Waals surface area contributed by atoms with E-state index in [0.717, 1.165) is 99.7 Å². The van der Waals surface area contributed by atoms with Crippen molar-refractivity contribution in [2.75, 3.05) is 32.3 Å². The first-order valence-electron chi connectivity index (χ1n) is 38.0. The second-order valence-electron chi connectivity index (χ2n) is 28.5. The molecular weight excluding hydrogens is 1680 g/mol. The topological polar surface area (TPSA) is 339 Å². The fourth-order valence-electron chi connectivity index (χ4n) is 14.4. The summed E-state index contributed by atoms with van der Waals surface area (Å²) in [6, 6.07) is 62.6. The van der Waals surface area contributed by atoms with Crippen molar-refractivity contribution < 1.29 is 87.6 Å². The van der Waals surface area contributed by atoms with Crippen LogP contribution in [0.15, 0.2) is 283 Å². The van der Waals surface area contributed by atoms with Gasteiger partial charge in [0.05, 0.1) is 22.1 Å². The van der Waals surface area contributed by atoms with Gasteiger partial charge in [-0.15, -0.1) is 13.2 Å². The zero-order valence-electron chi connectivity index (χ0n) is 66.3. The number of allylic oxidation sites excluding steroid dienone is 6. The molecule has 0 saturated carbocycles. The van der Waals surface area contributed by atoms with Gasteiger partial charge in [0.25, 0.3) is 50.6 Å². The first-order valence-corrected chi connectivity index (χ1v) is 47.3. The number of rotatable bonds is 22. The van der Waals surface area contributed by atoms with E-state index >= 15 is 0 Å². The van der Waals surface area contributed by atoms with Crippen LogP contribution < -0.4 is 24.2 Å². The van der Waals surface area contributed by atoms with Crippen molar-refractivity contribution in [2.45, 2.75) is 83.6 Å². The van der Waals surface area contributed by atoms with Crippen LogP contribution in [0.2, 0.25) is 5.02 Å². The van der Waals surface area contributed by atoms with Crippen LogP contribution in [0.4, 0.5) is 17.1 Å². The lowest BCUT2D eigenvalue weighted by atomic mass is 10.0. The quantitative estimate of drug-likeness (QED) is 0.0311. The predicted octanol–water partition coefficient (Wildman–Crippen LogP) is 22.2. The molecule has 0 radical (unpaired) electrons. The van der Waals surface area contributed by atoms with Crippen LogP contribution in [-0.4, -0.2) is 82.5 Å². The van der Waals surface area contributed by atoms with Gasteiger partial charge in [0.1, 0.15) is 45.5 Å². The summed E-state index contributed by atoms with van der Waals surface area (Å²) in [6.07, 6.45) is 12.9. The summed E-state index contributed by atoms with van der Waals surface area (Å²) in [4.78, 5) is 5.18. The number of hydrogen-bond acceptors (Lipinski definition) is 19. The van der Waals surface area contributed by atoms with Crippen molar-refractivity contribution in [1.29, 1.82) is 0 Å². The molecule has 0 unspecified atom stereocenters. The maximum Gasteiger partial charge on any atom is 0.283 e. The van der Waals surface area contributed by atoms with E-state index in [9.17, 15) is 64.9 Å². The van der Waals surface area contributed by atoms with Crippen molar-refractivity contribution in [1.82, 2.24) is 0 Å². The number of anilines is 3. The average Bonchev–Trinajstić information content (AvgIpc) is 1.69. The van der Waals surface area contributed by atoms with Crippen molar-refractivity contribution in [2.24, 2.45) is 0 Å². The minimum Gasteiger partial charge on any atom is -0.456 e. The molecule has 0 saturated heterocycles. The van der Waals surface area contributed by atoms with Crippen LogP contribution in [0.1, 0.15) is 92.1 Å². The lowest BCUT2D eigenvalue weighted by molar-refractivity contribution is 0.436. The zero-order chi connectivity index (χ0) is 86.6. The normalized spacial score (nSPS) is 14.9. The summed E-state index contributed by atoms with van der Waals surface area (Å²) >= 11 is 7.49. The molecule has 10 aromatic carbocycles. The first-order chi connectivity index (χ1) is 57.5. The number of nitrogens with zero attached hydrogens (tertiary/aromatic N) is 3. The third-order valence-electron chi connectivity index (χ3n) is 20.2. The van der Waals surface area contributed by atoms with Crippen LogP contribution in [0.25, 0.3) is 94.9 Å². The van der Waals surface area contributed by atoms with E-state index in [0.29, 0.717) is 96.8 Å². The fraction of sp³-hybridized carbons (Fsp3) is 0.165. The predicted molar refractivity (Wildman–Crippen MR) is 482 cm³/mol. The maximum atomic E-state index is 12.0. The number of halogens is 1. The van der Waals surface area contributed by atoms with Gasteiger partial charge >= 0.3 is 0 Å². The molecule has 3 aromatic heterocycles. The highest BCUT2D eigenvalue weighted by molar-refractivity contribution is 8.03. The number of ether oxygens (including phenoxy) is 2. The molecule has 0 atom stereocenters. The minimum atomic E-state index is -4.44. The molecule has 121 heavy (non-hydrogen) atoms. The highest BCUT2D eigenvalue weighted by atomic mass is 35.5. The van der Waals surface area contributed by atoms with E-state index in [1.54, 1.807) is 53.5 Å². The van der Waals surface area contributed by atoms with E-state index in [1.165, 1.54) is 27.6 Å². The van der Waals surface area contributed by atoms with Gasteiger partial charge in [-0.25, -0.2) is 0 Å². The Hall–Kier alpha value is -11.3. The molecule has 30 heteroatoms. The van der Waals surface area contributed by atoms with E-state index in [2.05, 4.69) is 38.3 Å². The smallest absolute Gasteiger partial charge is 0.283 e. The van der Waals surface area contributed by atoms with Gasteiger partial charge in [-0.3, -0.25) is 32.6 Å². The van der Waals surface area contributed by atoms with E-state index in [4.69, 9.17) is 34.3 Å². The molecule has 16 rings (SSSR count). The summed E-state index contributed by atoms with van der Waals surface area (Å²) in [7, 11) is -21.9. The van der Waals surface area contributed by atoms with Crippen molar-refractivity contribution >= 4 is 164 Å². The van der Waals surface area contributed by atoms with E-state index in [-0.39, 0.29) is 23.0 Å². The van der Waals surface area contributed by atoms with Gasteiger partial charge < -0.3 is 27.6 Å². The second-order valence-corrected chi connectivity index (χ2v) is 37.2. The zero-order valence-corrected chi connectivity index (χ0v) is 72.0. The van der Waals surface area contributed by atoms with Crippen LogP contribution in [-0.2, 0) is 68.5 Å². The number of benzene rings is 10. The molecule has 0 amide bonds. The highest BCUT2D eigenvalue weighted by Gasteiger charge is 2.34. The third kappa shape index (κ3) is 20.8. The highest BCUT2D eigenvalue weighted by Crippen LogP contribution is 2.50. The minimum absolute atomic E-state index is 0.113. The van der Waals surface area contributed by atoms with Gasteiger partial charge in [-0.1, -0.05) is 178 Å². The number of fused-ring (bicyclic) bond motifs is 9. The summed E-state index contributed by atoms with van der Waals surface area (Å²) in [6.45, 7) is 17.8. The van der Waals surface area contributed by atoms with Gasteiger partial charge in [-0.2, -0.15) is 42.1 Å². The van der Waals surface area contributed by atoms with Crippen LogP contribution in [0, 0.1) is 13.8 Å². The Labute approximate surface area is 710 Å². The molecule has 626 valence electrons. The van der Waals surface area contributed by atoms with Gasteiger partial charge in [0.2, 0.25) is 11.8 Å². The fourth-order valence-corrected chi connectivity index (χ4v) is 19.0. The van der Waals surface area contributed by atoms with E-state index < -0.39 is 79.7 Å². The molecule has 0 bridgehead atoms. The maximum absolute atomic E-state index is 12.0. The SMILES string of the molecule is C=C.CCC(=C/c1oc2ccc(-c3ccccc3)cc2c1CS(=O)(=O)O)/C=C1/Oc2ccc(Cl)cc2N1CS(=O)(=O)O.CCC(=C/c1oc2ccc(-c3ccccc3)cc2c1CS(=O)(=O)O)/C=C1/Sc2cc(C)c(C)cc2N1CS(=O)(=O)O.CCC(=C/c1oc2ccc3ccccc3c2c1CC)/C=C1/Oc2cc3ccccc3cc2N1CS(=O)(=O)O. The number of hydrogen-bond donors (Lipinski definition) is 5. The number of thioether (sulfide) groups is 1. The largest absolute Gasteiger partial charge is 0.456 e.